The van der Waals surface area contributed by atoms with Gasteiger partial charge in [-0.15, -0.1) is 0 Å². The molecule has 0 aliphatic heterocycles. The lowest BCUT2D eigenvalue weighted by atomic mass is 10.3. The van der Waals surface area contributed by atoms with Gasteiger partial charge >= 0.3 is 5.97 Å². The molecule has 2 rings (SSSR count). The maximum Gasteiger partial charge on any atom is 0.347 e. The van der Waals surface area contributed by atoms with Crippen LogP contribution in [0.4, 0.5) is 14.5 Å². The third-order valence-corrected chi connectivity index (χ3v) is 3.54. The molecule has 1 amide bonds. The van der Waals surface area contributed by atoms with Crippen molar-refractivity contribution in [2.24, 2.45) is 0 Å². The van der Waals surface area contributed by atoms with Gasteiger partial charge in [-0.25, -0.2) is 13.6 Å². The monoisotopic (exact) mass is 383 g/mol. The molecule has 2 aromatic carbocycles. The molecule has 0 spiro atoms. The Balaban J connectivity index is 1.90. The molecule has 0 saturated carbocycles. The van der Waals surface area contributed by atoms with Gasteiger partial charge in [-0.1, -0.05) is 11.6 Å². The summed E-state index contributed by atoms with van der Waals surface area (Å²) in [6, 6.07) is 8.84. The highest BCUT2D eigenvalue weighted by Gasteiger charge is 2.24. The van der Waals surface area contributed by atoms with Crippen LogP contribution in [-0.2, 0) is 14.3 Å². The molecule has 0 fully saturated rings. The summed E-state index contributed by atoms with van der Waals surface area (Å²) in [5.41, 5.74) is -0.0853. The fourth-order valence-corrected chi connectivity index (χ4v) is 2.07. The Morgan fingerprint density at radius 1 is 1.04 bits per heavy atom. The average Bonchev–Trinajstić information content (AvgIpc) is 2.59. The highest BCUT2D eigenvalue weighted by molar-refractivity contribution is 6.30. The number of hydrogen-bond acceptors (Lipinski definition) is 4. The van der Waals surface area contributed by atoms with Crippen molar-refractivity contribution >= 4 is 29.2 Å². The summed E-state index contributed by atoms with van der Waals surface area (Å²) in [6.07, 6.45) is -2.21. The Labute approximate surface area is 153 Å². The predicted octanol–water partition coefficient (Wildman–Crippen LogP) is 3.96. The first kappa shape index (κ1) is 19.7. The zero-order valence-electron chi connectivity index (χ0n) is 14.0. The lowest BCUT2D eigenvalue weighted by molar-refractivity contribution is -0.159. The van der Waals surface area contributed by atoms with Crippen LogP contribution in [0.3, 0.4) is 0 Å². The van der Waals surface area contributed by atoms with Crippen molar-refractivity contribution in [2.75, 3.05) is 5.32 Å². The van der Waals surface area contributed by atoms with E-state index in [9.17, 15) is 18.4 Å². The fourth-order valence-electron chi connectivity index (χ4n) is 1.91. The first-order valence-corrected chi connectivity index (χ1v) is 8.02. The van der Waals surface area contributed by atoms with Crippen LogP contribution in [0.5, 0.6) is 5.75 Å². The molecule has 0 heterocycles. The van der Waals surface area contributed by atoms with Gasteiger partial charge in [0, 0.05) is 5.02 Å². The molecule has 2 aromatic rings. The standard InChI is InChI=1S/C18H16ClF2NO4/c1-10(17(23)22-16-8-3-12(19)9-15(16)21)26-18(24)11(2)25-14-6-4-13(20)5-7-14/h3-11H,1-2H3,(H,22,23)/t10-,11-/m0/s1. The SMILES string of the molecule is C[C@H](OC(=O)[C@H](C)Oc1ccc(F)cc1)C(=O)Nc1ccc(Cl)cc1F. The number of carbonyl (C=O) groups is 2. The van der Waals surface area contributed by atoms with E-state index in [2.05, 4.69) is 5.32 Å². The number of carbonyl (C=O) groups excluding carboxylic acids is 2. The third kappa shape index (κ3) is 5.42. The minimum absolute atomic E-state index is 0.0853. The van der Waals surface area contributed by atoms with E-state index < -0.39 is 35.7 Å². The second-order valence-electron chi connectivity index (χ2n) is 5.41. The molecule has 26 heavy (non-hydrogen) atoms. The summed E-state index contributed by atoms with van der Waals surface area (Å²) in [6.45, 7) is 2.76. The highest BCUT2D eigenvalue weighted by Crippen LogP contribution is 2.19. The van der Waals surface area contributed by atoms with E-state index in [1.807, 2.05) is 0 Å². The number of amides is 1. The van der Waals surface area contributed by atoms with E-state index in [0.29, 0.717) is 0 Å². The summed E-state index contributed by atoms with van der Waals surface area (Å²) in [7, 11) is 0. The lowest BCUT2D eigenvalue weighted by Gasteiger charge is -2.18. The largest absolute Gasteiger partial charge is 0.479 e. The fraction of sp³-hybridized carbons (Fsp3) is 0.222. The van der Waals surface area contributed by atoms with Crippen molar-refractivity contribution in [3.63, 3.8) is 0 Å². The second-order valence-corrected chi connectivity index (χ2v) is 5.84. The van der Waals surface area contributed by atoms with Crippen LogP contribution in [0.15, 0.2) is 42.5 Å². The summed E-state index contributed by atoms with van der Waals surface area (Å²) in [5, 5.41) is 2.49. The van der Waals surface area contributed by atoms with Crippen molar-refractivity contribution in [3.05, 3.63) is 59.1 Å². The van der Waals surface area contributed by atoms with Gasteiger partial charge in [0.05, 0.1) is 5.69 Å². The number of rotatable bonds is 6. The maximum atomic E-state index is 13.7. The molecule has 0 aliphatic carbocycles. The Bertz CT molecular complexity index is 798. The predicted molar refractivity (Wildman–Crippen MR) is 92.1 cm³/mol. The van der Waals surface area contributed by atoms with E-state index in [0.717, 1.165) is 6.07 Å². The maximum absolute atomic E-state index is 13.7. The van der Waals surface area contributed by atoms with E-state index in [4.69, 9.17) is 21.1 Å². The normalized spacial score (nSPS) is 12.8. The van der Waals surface area contributed by atoms with Gasteiger partial charge < -0.3 is 14.8 Å². The zero-order chi connectivity index (χ0) is 19.3. The number of esters is 1. The van der Waals surface area contributed by atoms with E-state index in [-0.39, 0.29) is 16.5 Å². The smallest absolute Gasteiger partial charge is 0.347 e. The van der Waals surface area contributed by atoms with Crippen molar-refractivity contribution < 1.29 is 27.8 Å². The molecule has 1 N–H and O–H groups in total. The number of anilines is 1. The van der Waals surface area contributed by atoms with Gasteiger partial charge in [0.1, 0.15) is 17.4 Å². The Kier molecular flexibility index (Phi) is 6.52. The number of benzene rings is 2. The van der Waals surface area contributed by atoms with Crippen LogP contribution in [0.2, 0.25) is 5.02 Å². The summed E-state index contributed by atoms with van der Waals surface area (Å²) < 4.78 is 36.9. The molecule has 5 nitrogen and oxygen atoms in total. The lowest BCUT2D eigenvalue weighted by Crippen LogP contribution is -2.35. The van der Waals surface area contributed by atoms with Gasteiger partial charge in [0.2, 0.25) is 0 Å². The van der Waals surface area contributed by atoms with Gasteiger partial charge in [-0.3, -0.25) is 4.79 Å². The first-order valence-electron chi connectivity index (χ1n) is 7.65. The minimum atomic E-state index is -1.18. The topological polar surface area (TPSA) is 64.6 Å². The van der Waals surface area contributed by atoms with Crippen LogP contribution in [0.25, 0.3) is 0 Å². The van der Waals surface area contributed by atoms with E-state index in [1.54, 1.807) is 0 Å². The summed E-state index contributed by atoms with van der Waals surface area (Å²) in [4.78, 5) is 24.0. The zero-order valence-corrected chi connectivity index (χ0v) is 14.7. The van der Waals surface area contributed by atoms with Crippen LogP contribution in [0.1, 0.15) is 13.8 Å². The van der Waals surface area contributed by atoms with Crippen LogP contribution in [-0.4, -0.2) is 24.1 Å². The Hall–Kier alpha value is -2.67. The number of halogens is 3. The van der Waals surface area contributed by atoms with Crippen molar-refractivity contribution in [3.8, 4) is 5.75 Å². The first-order chi connectivity index (χ1) is 12.3. The molecule has 138 valence electrons. The average molecular weight is 384 g/mol. The van der Waals surface area contributed by atoms with E-state index in [1.165, 1.54) is 50.2 Å². The molecule has 0 radical (unpaired) electrons. The quantitative estimate of drug-likeness (QED) is 0.767. The number of ether oxygens (including phenoxy) is 2. The molecular weight excluding hydrogens is 368 g/mol. The van der Waals surface area contributed by atoms with Crippen molar-refractivity contribution in [1.82, 2.24) is 0 Å². The Morgan fingerprint density at radius 3 is 2.31 bits per heavy atom. The molecule has 0 saturated heterocycles. The van der Waals surface area contributed by atoms with Gasteiger partial charge in [-0.2, -0.15) is 0 Å². The molecule has 0 aromatic heterocycles. The highest BCUT2D eigenvalue weighted by atomic mass is 35.5. The van der Waals surface area contributed by atoms with Gasteiger partial charge in [0.15, 0.2) is 12.2 Å². The van der Waals surface area contributed by atoms with Gasteiger partial charge in [0.25, 0.3) is 5.91 Å². The molecular formula is C18H16ClF2NO4. The van der Waals surface area contributed by atoms with Crippen LogP contribution < -0.4 is 10.1 Å². The number of hydrogen-bond donors (Lipinski definition) is 1. The molecule has 2 atom stereocenters. The summed E-state index contributed by atoms with van der Waals surface area (Å²) >= 11 is 5.64. The number of nitrogens with one attached hydrogen (secondary N) is 1. The molecule has 0 bridgehead atoms. The molecule has 0 unspecified atom stereocenters. The Morgan fingerprint density at radius 2 is 1.69 bits per heavy atom. The summed E-state index contributed by atoms with van der Waals surface area (Å²) in [5.74, 6) is -2.39. The third-order valence-electron chi connectivity index (χ3n) is 3.31. The van der Waals surface area contributed by atoms with E-state index >= 15 is 0 Å². The molecule has 0 aliphatic rings. The van der Waals surface area contributed by atoms with Crippen LogP contribution in [0, 0.1) is 11.6 Å². The van der Waals surface area contributed by atoms with Gasteiger partial charge in [-0.05, 0) is 56.3 Å². The van der Waals surface area contributed by atoms with Crippen molar-refractivity contribution in [1.29, 1.82) is 0 Å². The molecule has 8 heteroatoms. The second kappa shape index (κ2) is 8.62. The minimum Gasteiger partial charge on any atom is -0.479 e. The van der Waals surface area contributed by atoms with Crippen molar-refractivity contribution in [2.45, 2.75) is 26.1 Å². The van der Waals surface area contributed by atoms with Crippen LogP contribution >= 0.6 is 11.6 Å².